The van der Waals surface area contributed by atoms with Crippen LogP contribution in [0.2, 0.25) is 10.0 Å². The molecule has 3 aromatic rings. The predicted octanol–water partition coefficient (Wildman–Crippen LogP) is 5.94. The Hall–Kier alpha value is -3.35. The van der Waals surface area contributed by atoms with E-state index in [1.54, 1.807) is 0 Å². The molecule has 1 aliphatic heterocycles. The van der Waals surface area contributed by atoms with Gasteiger partial charge in [-0.15, -0.1) is 0 Å². The molecule has 2 aromatic carbocycles. The standard InChI is InChI=1S/C26H23Cl2N3O3/c1-5-17-8-6-7-14(2)23(17)30-15(3)11-18(16(30)4)12-20-24(32)29-26(34)31(25(20)33)22-10-9-19(27)13-21(22)28/h6-13H,5H2,1-4H3,(H,29,32,34)/b20-12+. The second kappa shape index (κ2) is 9.12. The van der Waals surface area contributed by atoms with Crippen LogP contribution in [0.25, 0.3) is 11.8 Å². The van der Waals surface area contributed by atoms with Gasteiger partial charge in [-0.3, -0.25) is 14.9 Å². The third kappa shape index (κ3) is 4.04. The van der Waals surface area contributed by atoms with Gasteiger partial charge < -0.3 is 4.57 Å². The molecular weight excluding hydrogens is 473 g/mol. The molecule has 4 amide bonds. The number of hydrogen-bond acceptors (Lipinski definition) is 3. The highest BCUT2D eigenvalue weighted by molar-refractivity contribution is 6.42. The SMILES string of the molecule is CCc1cccc(C)c1-n1c(C)cc(/C=C2\C(=O)NC(=O)N(c3ccc(Cl)cc3Cl)C2=O)c1C. The quantitative estimate of drug-likeness (QED) is 0.359. The van der Waals surface area contributed by atoms with Crippen LogP contribution < -0.4 is 10.2 Å². The van der Waals surface area contributed by atoms with Crippen LogP contribution >= 0.6 is 23.2 Å². The summed E-state index contributed by atoms with van der Waals surface area (Å²) in [6, 6.07) is 11.7. The van der Waals surface area contributed by atoms with E-state index in [-0.39, 0.29) is 16.3 Å². The van der Waals surface area contributed by atoms with E-state index in [0.29, 0.717) is 10.6 Å². The first-order valence-corrected chi connectivity index (χ1v) is 11.5. The summed E-state index contributed by atoms with van der Waals surface area (Å²) in [5.41, 5.74) is 5.94. The lowest BCUT2D eigenvalue weighted by atomic mass is 10.0. The van der Waals surface area contributed by atoms with Crippen molar-refractivity contribution in [1.82, 2.24) is 9.88 Å². The van der Waals surface area contributed by atoms with Crippen LogP contribution in [0.15, 0.2) is 48.0 Å². The van der Waals surface area contributed by atoms with Crippen LogP contribution in [0, 0.1) is 20.8 Å². The van der Waals surface area contributed by atoms with Crippen LogP contribution in [0.5, 0.6) is 0 Å². The first kappa shape index (κ1) is 23.8. The number of benzene rings is 2. The lowest BCUT2D eigenvalue weighted by Gasteiger charge is -2.27. The molecule has 1 saturated heterocycles. The number of carbonyl (C=O) groups excluding carboxylic acids is 3. The van der Waals surface area contributed by atoms with E-state index in [2.05, 4.69) is 35.9 Å². The largest absolute Gasteiger partial charge is 0.335 e. The first-order chi connectivity index (χ1) is 16.1. The number of nitrogens with zero attached hydrogens (tertiary/aromatic N) is 2. The van der Waals surface area contributed by atoms with Crippen molar-refractivity contribution in [3.8, 4) is 5.69 Å². The summed E-state index contributed by atoms with van der Waals surface area (Å²) >= 11 is 12.2. The van der Waals surface area contributed by atoms with Gasteiger partial charge in [0.1, 0.15) is 5.57 Å². The maximum atomic E-state index is 13.3. The Morgan fingerprint density at radius 2 is 1.74 bits per heavy atom. The number of amides is 4. The fourth-order valence-electron chi connectivity index (χ4n) is 4.30. The number of carbonyl (C=O) groups is 3. The molecule has 8 heteroatoms. The van der Waals surface area contributed by atoms with E-state index in [1.165, 1.54) is 29.8 Å². The summed E-state index contributed by atoms with van der Waals surface area (Å²) in [5.74, 6) is -1.51. The fraction of sp³-hybridized carbons (Fsp3) is 0.192. The first-order valence-electron chi connectivity index (χ1n) is 10.8. The van der Waals surface area contributed by atoms with Gasteiger partial charge in [-0.2, -0.15) is 0 Å². The summed E-state index contributed by atoms with van der Waals surface area (Å²) in [6.07, 6.45) is 2.38. The zero-order valence-electron chi connectivity index (χ0n) is 19.2. The third-order valence-electron chi connectivity index (χ3n) is 5.95. The minimum Gasteiger partial charge on any atom is -0.317 e. The second-order valence-corrected chi connectivity index (χ2v) is 9.00. The molecule has 0 saturated carbocycles. The predicted molar refractivity (Wildman–Crippen MR) is 135 cm³/mol. The Labute approximate surface area is 207 Å². The van der Waals surface area contributed by atoms with E-state index in [0.717, 1.165) is 34.0 Å². The zero-order valence-corrected chi connectivity index (χ0v) is 20.7. The van der Waals surface area contributed by atoms with Crippen molar-refractivity contribution < 1.29 is 14.4 Å². The summed E-state index contributed by atoms with van der Waals surface area (Å²) in [6.45, 7) is 8.08. The molecule has 0 bridgehead atoms. The maximum absolute atomic E-state index is 13.3. The molecular formula is C26H23Cl2N3O3. The van der Waals surface area contributed by atoms with Gasteiger partial charge in [-0.1, -0.05) is 48.3 Å². The molecule has 1 aromatic heterocycles. The Bertz CT molecular complexity index is 1390. The van der Waals surface area contributed by atoms with Gasteiger partial charge in [0.05, 0.1) is 16.4 Å². The molecule has 0 atom stereocenters. The molecule has 0 unspecified atom stereocenters. The van der Waals surface area contributed by atoms with E-state index in [4.69, 9.17) is 23.2 Å². The van der Waals surface area contributed by atoms with Crippen molar-refractivity contribution in [2.24, 2.45) is 0 Å². The van der Waals surface area contributed by atoms with E-state index < -0.39 is 17.8 Å². The van der Waals surface area contributed by atoms with Crippen molar-refractivity contribution >= 4 is 52.8 Å². The van der Waals surface area contributed by atoms with Gasteiger partial charge in [0, 0.05) is 16.4 Å². The monoisotopic (exact) mass is 495 g/mol. The average molecular weight is 496 g/mol. The third-order valence-corrected chi connectivity index (χ3v) is 6.49. The van der Waals surface area contributed by atoms with Crippen LogP contribution in [-0.4, -0.2) is 22.4 Å². The van der Waals surface area contributed by atoms with Gasteiger partial charge in [-0.05, 0) is 74.2 Å². The molecule has 0 radical (unpaired) electrons. The minimum absolute atomic E-state index is 0.120. The summed E-state index contributed by atoms with van der Waals surface area (Å²) in [7, 11) is 0. The van der Waals surface area contributed by atoms with Crippen LogP contribution in [0.4, 0.5) is 10.5 Å². The zero-order chi connectivity index (χ0) is 24.7. The Kier molecular flexibility index (Phi) is 6.39. The van der Waals surface area contributed by atoms with E-state index in [9.17, 15) is 14.4 Å². The molecule has 1 aliphatic rings. The number of anilines is 1. The highest BCUT2D eigenvalue weighted by Crippen LogP contribution is 2.32. The number of hydrogen-bond donors (Lipinski definition) is 1. The van der Waals surface area contributed by atoms with Crippen molar-refractivity contribution in [2.45, 2.75) is 34.1 Å². The highest BCUT2D eigenvalue weighted by Gasteiger charge is 2.38. The van der Waals surface area contributed by atoms with E-state index >= 15 is 0 Å². The van der Waals surface area contributed by atoms with E-state index in [1.807, 2.05) is 26.0 Å². The number of halogens is 2. The summed E-state index contributed by atoms with van der Waals surface area (Å²) in [4.78, 5) is 39.3. The smallest absolute Gasteiger partial charge is 0.317 e. The summed E-state index contributed by atoms with van der Waals surface area (Å²) < 4.78 is 2.13. The topological polar surface area (TPSA) is 71.4 Å². The van der Waals surface area contributed by atoms with Crippen molar-refractivity contribution in [1.29, 1.82) is 0 Å². The number of imide groups is 2. The van der Waals surface area contributed by atoms with Gasteiger partial charge >= 0.3 is 6.03 Å². The number of aromatic nitrogens is 1. The molecule has 0 spiro atoms. The Morgan fingerprint density at radius 1 is 1.00 bits per heavy atom. The summed E-state index contributed by atoms with van der Waals surface area (Å²) in [5, 5.41) is 2.71. The van der Waals surface area contributed by atoms with Gasteiger partial charge in [0.2, 0.25) is 0 Å². The molecule has 174 valence electrons. The number of urea groups is 1. The molecule has 4 rings (SSSR count). The molecule has 1 N–H and O–H groups in total. The van der Waals surface area contributed by atoms with Crippen molar-refractivity contribution in [3.05, 3.63) is 86.2 Å². The molecule has 0 aliphatic carbocycles. The van der Waals surface area contributed by atoms with Crippen LogP contribution in [0.3, 0.4) is 0 Å². The highest BCUT2D eigenvalue weighted by atomic mass is 35.5. The molecule has 2 heterocycles. The van der Waals surface area contributed by atoms with Crippen molar-refractivity contribution in [3.63, 3.8) is 0 Å². The molecule has 34 heavy (non-hydrogen) atoms. The van der Waals surface area contributed by atoms with Crippen LogP contribution in [0.1, 0.15) is 35.0 Å². The molecule has 1 fully saturated rings. The fourth-order valence-corrected chi connectivity index (χ4v) is 4.79. The van der Waals surface area contributed by atoms with Gasteiger partial charge in [0.15, 0.2) is 0 Å². The number of nitrogens with one attached hydrogen (secondary N) is 1. The maximum Gasteiger partial charge on any atom is 0.335 e. The lowest BCUT2D eigenvalue weighted by molar-refractivity contribution is -0.122. The number of rotatable bonds is 4. The van der Waals surface area contributed by atoms with Crippen molar-refractivity contribution in [2.75, 3.05) is 4.90 Å². The number of para-hydroxylation sites is 1. The Morgan fingerprint density at radius 3 is 2.41 bits per heavy atom. The molecule has 6 nitrogen and oxygen atoms in total. The second-order valence-electron chi connectivity index (χ2n) is 8.15. The number of barbiturate groups is 1. The normalized spacial score (nSPS) is 15.3. The van der Waals surface area contributed by atoms with Gasteiger partial charge in [-0.25, -0.2) is 9.69 Å². The minimum atomic E-state index is -0.866. The Balaban J connectivity index is 1.82. The lowest BCUT2D eigenvalue weighted by Crippen LogP contribution is -2.54. The van der Waals surface area contributed by atoms with Gasteiger partial charge in [0.25, 0.3) is 11.8 Å². The average Bonchev–Trinajstić information content (AvgIpc) is 3.05. The van der Waals surface area contributed by atoms with Crippen LogP contribution in [-0.2, 0) is 16.0 Å². The number of aryl methyl sites for hydroxylation is 3.